The fourth-order valence-electron chi connectivity index (χ4n) is 2.28. The lowest BCUT2D eigenvalue weighted by Gasteiger charge is -2.16. The van der Waals surface area contributed by atoms with Crippen molar-refractivity contribution in [2.45, 2.75) is 25.8 Å². The third-order valence-electron chi connectivity index (χ3n) is 3.28. The molecule has 3 nitrogen and oxygen atoms in total. The second-order valence-electron chi connectivity index (χ2n) is 4.75. The van der Waals surface area contributed by atoms with E-state index in [0.29, 0.717) is 13.0 Å². The molecule has 0 aliphatic rings. The van der Waals surface area contributed by atoms with Gasteiger partial charge in [0.15, 0.2) is 0 Å². The van der Waals surface area contributed by atoms with Gasteiger partial charge >= 0.3 is 0 Å². The van der Waals surface area contributed by atoms with Gasteiger partial charge in [-0.05, 0) is 36.2 Å². The molecule has 0 bridgehead atoms. The molecule has 1 atom stereocenters. The fourth-order valence-corrected chi connectivity index (χ4v) is 2.28. The van der Waals surface area contributed by atoms with E-state index in [2.05, 4.69) is 29.6 Å². The predicted octanol–water partition coefficient (Wildman–Crippen LogP) is 3.18. The number of amides is 1. The van der Waals surface area contributed by atoms with E-state index in [-0.39, 0.29) is 24.4 Å². The normalized spacial score (nSPS) is 11.7. The minimum atomic E-state index is 0. The number of halogens is 1. The van der Waals surface area contributed by atoms with E-state index in [9.17, 15) is 4.79 Å². The van der Waals surface area contributed by atoms with Crippen molar-refractivity contribution in [3.8, 4) is 0 Å². The highest BCUT2D eigenvalue weighted by molar-refractivity contribution is 5.87. The number of carbonyl (C=O) groups excluding carboxylic acids is 1. The number of carbonyl (C=O) groups is 1. The summed E-state index contributed by atoms with van der Waals surface area (Å²) in [5.74, 6) is 0.0610. The Hall–Kier alpha value is -1.58. The molecule has 0 saturated heterocycles. The van der Waals surface area contributed by atoms with Crippen LogP contribution < -0.4 is 11.1 Å². The van der Waals surface area contributed by atoms with Gasteiger partial charge in [-0.2, -0.15) is 0 Å². The average molecular weight is 293 g/mol. The van der Waals surface area contributed by atoms with Crippen LogP contribution in [0.15, 0.2) is 42.5 Å². The molecule has 108 valence electrons. The van der Waals surface area contributed by atoms with E-state index >= 15 is 0 Å². The molecule has 0 saturated carbocycles. The quantitative estimate of drug-likeness (QED) is 0.889. The van der Waals surface area contributed by atoms with Gasteiger partial charge in [0.1, 0.15) is 0 Å². The molecule has 0 aliphatic carbocycles. The van der Waals surface area contributed by atoms with Gasteiger partial charge in [0.25, 0.3) is 0 Å². The Morgan fingerprint density at radius 2 is 1.90 bits per heavy atom. The predicted molar refractivity (Wildman–Crippen MR) is 86.0 cm³/mol. The first-order valence-corrected chi connectivity index (χ1v) is 6.69. The summed E-state index contributed by atoms with van der Waals surface area (Å²) in [6, 6.07) is 14.4. The van der Waals surface area contributed by atoms with Crippen molar-refractivity contribution < 1.29 is 4.79 Å². The highest BCUT2D eigenvalue weighted by Crippen LogP contribution is 2.23. The van der Waals surface area contributed by atoms with Crippen LogP contribution >= 0.6 is 12.4 Å². The van der Waals surface area contributed by atoms with Crippen LogP contribution in [0, 0.1) is 0 Å². The van der Waals surface area contributed by atoms with E-state index in [1.807, 2.05) is 25.1 Å². The van der Waals surface area contributed by atoms with Crippen molar-refractivity contribution in [2.75, 3.05) is 6.54 Å². The zero-order valence-corrected chi connectivity index (χ0v) is 12.5. The minimum Gasteiger partial charge on any atom is -0.350 e. The molecule has 2 aromatic carbocycles. The van der Waals surface area contributed by atoms with Gasteiger partial charge in [0.2, 0.25) is 5.91 Å². The SMILES string of the molecule is CC(NC(=O)CCCN)c1cccc2ccccc12.Cl. The number of rotatable bonds is 5. The first-order valence-electron chi connectivity index (χ1n) is 6.69. The minimum absolute atomic E-state index is 0. The van der Waals surface area contributed by atoms with Crippen molar-refractivity contribution in [3.63, 3.8) is 0 Å². The Kier molecular flexibility index (Phi) is 6.49. The molecule has 0 radical (unpaired) electrons. The zero-order valence-electron chi connectivity index (χ0n) is 11.6. The molecule has 0 heterocycles. The van der Waals surface area contributed by atoms with Crippen LogP contribution in [0.4, 0.5) is 0 Å². The van der Waals surface area contributed by atoms with Crippen LogP contribution in [0.25, 0.3) is 10.8 Å². The van der Waals surface area contributed by atoms with Gasteiger partial charge in [-0.3, -0.25) is 4.79 Å². The summed E-state index contributed by atoms with van der Waals surface area (Å²) in [5.41, 5.74) is 6.57. The summed E-state index contributed by atoms with van der Waals surface area (Å²) in [7, 11) is 0. The maximum absolute atomic E-state index is 11.8. The summed E-state index contributed by atoms with van der Waals surface area (Å²) < 4.78 is 0. The van der Waals surface area contributed by atoms with Crippen LogP contribution in [-0.2, 0) is 4.79 Å². The van der Waals surface area contributed by atoms with Gasteiger partial charge < -0.3 is 11.1 Å². The van der Waals surface area contributed by atoms with Crippen molar-refractivity contribution in [1.82, 2.24) is 5.32 Å². The van der Waals surface area contributed by atoms with Gasteiger partial charge in [0.05, 0.1) is 6.04 Å². The van der Waals surface area contributed by atoms with Gasteiger partial charge in [-0.1, -0.05) is 42.5 Å². The maximum atomic E-state index is 11.8. The molecule has 0 spiro atoms. The molecule has 2 aromatic rings. The standard InChI is InChI=1S/C16H20N2O.ClH/c1-12(18-16(19)10-5-11-17)14-9-4-7-13-6-2-3-8-15(13)14;/h2-4,6-9,12H,5,10-11,17H2,1H3,(H,18,19);1H. The third kappa shape index (κ3) is 3.95. The third-order valence-corrected chi connectivity index (χ3v) is 3.28. The highest BCUT2D eigenvalue weighted by atomic mass is 35.5. The van der Waals surface area contributed by atoms with Crippen LogP contribution in [0.5, 0.6) is 0 Å². The van der Waals surface area contributed by atoms with E-state index < -0.39 is 0 Å². The Morgan fingerprint density at radius 3 is 2.65 bits per heavy atom. The van der Waals surface area contributed by atoms with Gasteiger partial charge in [0, 0.05) is 6.42 Å². The van der Waals surface area contributed by atoms with Crippen molar-refractivity contribution in [3.05, 3.63) is 48.0 Å². The molecule has 1 unspecified atom stereocenters. The fraction of sp³-hybridized carbons (Fsp3) is 0.312. The molecule has 2 rings (SSSR count). The Morgan fingerprint density at radius 1 is 1.20 bits per heavy atom. The Bertz CT molecular complexity index is 566. The highest BCUT2D eigenvalue weighted by Gasteiger charge is 2.11. The summed E-state index contributed by atoms with van der Waals surface area (Å²) in [6.07, 6.45) is 1.22. The van der Waals surface area contributed by atoms with E-state index in [0.717, 1.165) is 12.0 Å². The topological polar surface area (TPSA) is 55.1 Å². The lowest BCUT2D eigenvalue weighted by molar-refractivity contribution is -0.121. The largest absolute Gasteiger partial charge is 0.350 e. The molecule has 1 amide bonds. The van der Waals surface area contributed by atoms with Crippen molar-refractivity contribution >= 4 is 29.1 Å². The number of fused-ring (bicyclic) bond motifs is 1. The lowest BCUT2D eigenvalue weighted by Crippen LogP contribution is -2.27. The smallest absolute Gasteiger partial charge is 0.220 e. The second-order valence-corrected chi connectivity index (χ2v) is 4.75. The Labute approximate surface area is 126 Å². The number of hydrogen-bond acceptors (Lipinski definition) is 2. The number of hydrogen-bond donors (Lipinski definition) is 2. The molecule has 0 aromatic heterocycles. The van der Waals surface area contributed by atoms with Crippen LogP contribution in [0.3, 0.4) is 0 Å². The molecule has 0 aliphatic heterocycles. The van der Waals surface area contributed by atoms with E-state index in [4.69, 9.17) is 5.73 Å². The number of nitrogens with two attached hydrogens (primary N) is 1. The van der Waals surface area contributed by atoms with Gasteiger partial charge in [-0.25, -0.2) is 0 Å². The van der Waals surface area contributed by atoms with E-state index in [1.165, 1.54) is 10.8 Å². The van der Waals surface area contributed by atoms with Gasteiger partial charge in [-0.15, -0.1) is 12.4 Å². The maximum Gasteiger partial charge on any atom is 0.220 e. The number of nitrogens with one attached hydrogen (secondary N) is 1. The van der Waals surface area contributed by atoms with Crippen molar-refractivity contribution in [1.29, 1.82) is 0 Å². The molecular weight excluding hydrogens is 272 g/mol. The zero-order chi connectivity index (χ0) is 13.7. The summed E-state index contributed by atoms with van der Waals surface area (Å²) >= 11 is 0. The molecule has 0 fully saturated rings. The average Bonchev–Trinajstić information content (AvgIpc) is 2.44. The molecule has 3 N–H and O–H groups in total. The van der Waals surface area contributed by atoms with Crippen molar-refractivity contribution in [2.24, 2.45) is 5.73 Å². The van der Waals surface area contributed by atoms with Crippen LogP contribution in [0.2, 0.25) is 0 Å². The molecule has 4 heteroatoms. The molecular formula is C16H21ClN2O. The Balaban J connectivity index is 0.00000200. The van der Waals surface area contributed by atoms with Crippen LogP contribution in [-0.4, -0.2) is 12.5 Å². The summed E-state index contributed by atoms with van der Waals surface area (Å²) in [6.45, 7) is 2.57. The lowest BCUT2D eigenvalue weighted by atomic mass is 9.99. The number of benzene rings is 2. The first kappa shape index (κ1) is 16.5. The summed E-state index contributed by atoms with van der Waals surface area (Å²) in [4.78, 5) is 11.8. The monoisotopic (exact) mass is 292 g/mol. The first-order chi connectivity index (χ1) is 9.22. The summed E-state index contributed by atoms with van der Waals surface area (Å²) in [5, 5.41) is 5.42. The van der Waals surface area contributed by atoms with Crippen LogP contribution in [0.1, 0.15) is 31.4 Å². The van der Waals surface area contributed by atoms with E-state index in [1.54, 1.807) is 0 Å². The molecule has 20 heavy (non-hydrogen) atoms. The second kappa shape index (κ2) is 7.88.